The number of likely N-dealkylation sites (N-methyl/N-ethyl adjacent to an activating group) is 1. The van der Waals surface area contributed by atoms with Gasteiger partial charge in [0, 0.05) is 44.7 Å². The Bertz CT molecular complexity index is 1370. The van der Waals surface area contributed by atoms with Gasteiger partial charge in [0.1, 0.15) is 24.6 Å². The second-order valence-electron chi connectivity index (χ2n) is 12.9. The lowest BCUT2D eigenvalue weighted by molar-refractivity contribution is -0.117. The van der Waals surface area contributed by atoms with Crippen LogP contribution in [-0.2, 0) is 9.53 Å². The summed E-state index contributed by atoms with van der Waals surface area (Å²) in [7, 11) is 3.51. The molecule has 2 aromatic rings. The second-order valence-corrected chi connectivity index (χ2v) is 14.1. The number of hydrogen-bond donors (Lipinski definition) is 0. The highest BCUT2D eigenvalue weighted by Crippen LogP contribution is 2.45. The van der Waals surface area contributed by atoms with Crippen LogP contribution < -0.4 is 14.2 Å². The first-order valence-electron chi connectivity index (χ1n) is 16.4. The van der Waals surface area contributed by atoms with Gasteiger partial charge in [0.25, 0.3) is 0 Å². The number of hydrogen-bond acceptors (Lipinski definition) is 8. The molecule has 0 N–H and O–H groups in total. The summed E-state index contributed by atoms with van der Waals surface area (Å²) < 4.78 is 24.4. The first kappa shape index (κ1) is 35.5. The number of carbonyl (C=O) groups is 2. The molecule has 0 radical (unpaired) electrons. The van der Waals surface area contributed by atoms with Crippen molar-refractivity contribution in [1.82, 2.24) is 14.1 Å². The van der Waals surface area contributed by atoms with Crippen molar-refractivity contribution in [2.75, 3.05) is 60.1 Å². The number of amides is 2. The molecule has 1 aliphatic carbocycles. The van der Waals surface area contributed by atoms with Crippen LogP contribution >= 0.6 is 11.9 Å². The number of benzene rings is 2. The molecule has 10 heteroatoms. The molecule has 2 aromatic carbocycles. The standard InChI is InChI=1S/C19H29NO3.C15H16N2O3S.C2H6/c1-13(12-20(5)18(21)23-19(2,3)4)15-9-10-17(22-6)16(11-15)14-7-8-14;18-10-16-6-11-8-17(9-12(11)7-16)21-13-1-2-14-15(5-13)20-4-3-19-14;1-2/h9-11,13-14H,7-8,12H2,1-6H3;1-2,5,10H,3-4,6-9H2;1-2H3. The van der Waals surface area contributed by atoms with E-state index in [2.05, 4.69) is 29.4 Å². The average Bonchev–Trinajstić information content (AvgIpc) is 3.72. The van der Waals surface area contributed by atoms with E-state index in [1.807, 2.05) is 57.7 Å². The van der Waals surface area contributed by atoms with Crippen LogP contribution in [0.25, 0.3) is 0 Å². The Balaban J connectivity index is 0.000000199. The number of methoxy groups -OCH3 is 1. The second kappa shape index (κ2) is 16.0. The van der Waals surface area contributed by atoms with Gasteiger partial charge < -0.3 is 28.7 Å². The van der Waals surface area contributed by atoms with Crippen molar-refractivity contribution < 1.29 is 28.5 Å². The van der Waals surface area contributed by atoms with Crippen molar-refractivity contribution in [3.63, 3.8) is 0 Å². The number of ether oxygens (including phenoxy) is 4. The largest absolute Gasteiger partial charge is 0.496 e. The van der Waals surface area contributed by atoms with E-state index in [4.69, 9.17) is 18.9 Å². The summed E-state index contributed by atoms with van der Waals surface area (Å²) in [6.07, 6.45) is 3.15. The zero-order valence-corrected chi connectivity index (χ0v) is 29.6. The third kappa shape index (κ3) is 9.58. The van der Waals surface area contributed by atoms with E-state index in [0.29, 0.717) is 25.7 Å². The van der Waals surface area contributed by atoms with Crippen molar-refractivity contribution in [3.05, 3.63) is 58.7 Å². The highest BCUT2D eigenvalue weighted by molar-refractivity contribution is 7.97. The Morgan fingerprint density at radius 1 is 1.02 bits per heavy atom. The summed E-state index contributed by atoms with van der Waals surface area (Å²) in [5, 5.41) is 0. The fraction of sp³-hybridized carbons (Fsp3) is 0.556. The molecule has 0 aromatic heterocycles. The quantitative estimate of drug-likeness (QED) is 0.169. The molecule has 0 spiro atoms. The summed E-state index contributed by atoms with van der Waals surface area (Å²) in [5.41, 5.74) is 4.87. The van der Waals surface area contributed by atoms with Crippen LogP contribution in [0.15, 0.2) is 52.4 Å². The van der Waals surface area contributed by atoms with Crippen LogP contribution in [0.1, 0.15) is 77.3 Å². The van der Waals surface area contributed by atoms with Gasteiger partial charge >= 0.3 is 6.09 Å². The Morgan fingerprint density at radius 2 is 1.67 bits per heavy atom. The normalized spacial score (nSPS) is 17.6. The molecule has 2 amide bonds. The lowest BCUT2D eigenvalue weighted by atomic mass is 9.96. The average molecular weight is 654 g/mol. The lowest BCUT2D eigenvalue weighted by Gasteiger charge is -2.26. The van der Waals surface area contributed by atoms with E-state index in [9.17, 15) is 9.59 Å². The molecule has 1 fully saturated rings. The number of nitrogens with zero attached hydrogens (tertiary/aromatic N) is 3. The summed E-state index contributed by atoms with van der Waals surface area (Å²) >= 11 is 1.74. The maximum absolute atomic E-state index is 12.1. The summed E-state index contributed by atoms with van der Waals surface area (Å²) in [5.74, 6) is 3.52. The molecule has 0 saturated heterocycles. The van der Waals surface area contributed by atoms with Crippen molar-refractivity contribution in [3.8, 4) is 17.2 Å². The smallest absolute Gasteiger partial charge is 0.410 e. The van der Waals surface area contributed by atoms with Gasteiger partial charge in [-0.3, -0.25) is 4.79 Å². The minimum Gasteiger partial charge on any atom is -0.496 e. The van der Waals surface area contributed by atoms with E-state index in [0.717, 1.165) is 54.7 Å². The van der Waals surface area contributed by atoms with E-state index in [-0.39, 0.29) is 12.0 Å². The van der Waals surface area contributed by atoms with Crippen LogP contribution in [0.5, 0.6) is 17.2 Å². The first-order chi connectivity index (χ1) is 22.0. The highest BCUT2D eigenvalue weighted by Gasteiger charge is 2.30. The van der Waals surface area contributed by atoms with Gasteiger partial charge in [0.15, 0.2) is 11.5 Å². The molecule has 4 aliphatic rings. The van der Waals surface area contributed by atoms with Gasteiger partial charge in [-0.1, -0.05) is 32.9 Å². The van der Waals surface area contributed by atoms with Crippen LogP contribution in [0.3, 0.4) is 0 Å². The molecule has 9 nitrogen and oxygen atoms in total. The fourth-order valence-corrected chi connectivity index (χ4v) is 6.67. The minimum atomic E-state index is -0.464. The molecule has 1 atom stereocenters. The summed E-state index contributed by atoms with van der Waals surface area (Å²) in [6, 6.07) is 12.5. The number of rotatable bonds is 8. The first-order valence-corrected chi connectivity index (χ1v) is 17.1. The van der Waals surface area contributed by atoms with Crippen molar-refractivity contribution in [1.29, 1.82) is 0 Å². The third-order valence-electron chi connectivity index (χ3n) is 8.01. The molecule has 0 bridgehead atoms. The Kier molecular flexibility index (Phi) is 12.3. The van der Waals surface area contributed by atoms with E-state index < -0.39 is 5.60 Å². The van der Waals surface area contributed by atoms with Crippen LogP contribution in [0.4, 0.5) is 4.79 Å². The number of carbonyl (C=O) groups excluding carboxylic acids is 2. The molecule has 46 heavy (non-hydrogen) atoms. The lowest BCUT2D eigenvalue weighted by Crippen LogP contribution is -2.36. The highest BCUT2D eigenvalue weighted by atomic mass is 32.2. The molecule has 3 aliphatic heterocycles. The molecule has 3 heterocycles. The van der Waals surface area contributed by atoms with Crippen LogP contribution in [0, 0.1) is 0 Å². The molecular weight excluding hydrogens is 602 g/mol. The predicted molar refractivity (Wildman–Crippen MR) is 183 cm³/mol. The predicted octanol–water partition coefficient (Wildman–Crippen LogP) is 7.12. The fourth-order valence-electron chi connectivity index (χ4n) is 5.65. The summed E-state index contributed by atoms with van der Waals surface area (Å²) in [4.78, 5) is 27.5. The summed E-state index contributed by atoms with van der Waals surface area (Å²) in [6.45, 7) is 17.1. The SMILES string of the molecule is CC.COc1ccc(C(C)CN(C)C(=O)OC(C)(C)C)cc1C1CC1.O=CN1CC2=C(C1)CN(Sc1ccc3c(c1)OCCO3)C2. The topological polar surface area (TPSA) is 80.8 Å². The van der Waals surface area contributed by atoms with Crippen molar-refractivity contribution >= 4 is 24.5 Å². The molecule has 252 valence electrons. The van der Waals surface area contributed by atoms with Gasteiger partial charge in [0.05, 0.1) is 7.11 Å². The Hall–Kier alpha value is -3.37. The van der Waals surface area contributed by atoms with Gasteiger partial charge in [-0.25, -0.2) is 9.10 Å². The maximum Gasteiger partial charge on any atom is 0.410 e. The molecule has 6 rings (SSSR count). The molecule has 1 saturated carbocycles. The van der Waals surface area contributed by atoms with Gasteiger partial charge in [0.2, 0.25) is 6.41 Å². The maximum atomic E-state index is 12.1. The van der Waals surface area contributed by atoms with E-state index in [1.54, 1.807) is 31.0 Å². The zero-order valence-electron chi connectivity index (χ0n) is 28.8. The Labute approximate surface area is 279 Å². The van der Waals surface area contributed by atoms with Crippen LogP contribution in [0.2, 0.25) is 0 Å². The van der Waals surface area contributed by atoms with Gasteiger partial charge in [-0.15, -0.1) is 0 Å². The zero-order chi connectivity index (χ0) is 33.4. The van der Waals surface area contributed by atoms with Gasteiger partial charge in [-0.05, 0) is 104 Å². The van der Waals surface area contributed by atoms with Gasteiger partial charge in [-0.2, -0.15) is 0 Å². The van der Waals surface area contributed by atoms with E-state index in [1.165, 1.54) is 35.1 Å². The van der Waals surface area contributed by atoms with Crippen molar-refractivity contribution in [2.45, 2.75) is 76.7 Å². The third-order valence-corrected chi connectivity index (χ3v) is 8.99. The molecule has 1 unspecified atom stereocenters. The number of fused-ring (bicyclic) bond motifs is 1. The van der Waals surface area contributed by atoms with Crippen LogP contribution in [-0.4, -0.2) is 92.3 Å². The monoisotopic (exact) mass is 653 g/mol. The Morgan fingerprint density at radius 3 is 2.26 bits per heavy atom. The minimum absolute atomic E-state index is 0.246. The molecular formula is C36H51N3O6S. The van der Waals surface area contributed by atoms with E-state index >= 15 is 0 Å². The van der Waals surface area contributed by atoms with Crippen molar-refractivity contribution in [2.24, 2.45) is 0 Å².